The van der Waals surface area contributed by atoms with Crippen molar-refractivity contribution >= 4 is 22.6 Å². The number of aryl methyl sites for hydroxylation is 2. The molecule has 272 valence electrons. The minimum atomic E-state index is -0.907. The molecule has 6 aromatic carbocycles. The maximum Gasteiger partial charge on any atom is 0.160 e. The van der Waals surface area contributed by atoms with Crippen molar-refractivity contribution in [3.05, 3.63) is 186 Å². The monoisotopic (exact) mass is 832 g/mol. The molecule has 0 spiro atoms. The lowest BCUT2D eigenvalue weighted by Crippen LogP contribution is -1.87. The third-order valence-corrected chi connectivity index (χ3v) is 9.96. The van der Waals surface area contributed by atoms with Crippen molar-refractivity contribution < 1.29 is 17.6 Å². The van der Waals surface area contributed by atoms with Crippen LogP contribution in [0.1, 0.15) is 84.2 Å². The van der Waals surface area contributed by atoms with Crippen LogP contribution in [0.25, 0.3) is 22.3 Å². The molecule has 0 aromatic heterocycles. The highest BCUT2D eigenvalue weighted by Crippen LogP contribution is 2.39. The normalized spacial score (nSPS) is 11.1. The van der Waals surface area contributed by atoms with Gasteiger partial charge in [0.2, 0.25) is 0 Å². The van der Waals surface area contributed by atoms with Gasteiger partial charge >= 0.3 is 0 Å². The molecule has 0 fully saturated rings. The predicted molar refractivity (Wildman–Crippen MR) is 223 cm³/mol. The van der Waals surface area contributed by atoms with E-state index in [1.165, 1.54) is 84.2 Å². The molecule has 0 N–H and O–H groups in total. The summed E-state index contributed by atoms with van der Waals surface area (Å²) in [5, 5.41) is 0. The molecule has 0 nitrogen and oxygen atoms in total. The second-order valence-corrected chi connectivity index (χ2v) is 14.4. The van der Waals surface area contributed by atoms with Crippen LogP contribution in [0, 0.1) is 51.0 Å². The molecule has 2 aliphatic rings. The van der Waals surface area contributed by atoms with Gasteiger partial charge in [0.1, 0.15) is 0 Å². The van der Waals surface area contributed by atoms with E-state index >= 15 is 0 Å². The third kappa shape index (κ3) is 9.51. The van der Waals surface area contributed by atoms with Crippen LogP contribution in [0.15, 0.2) is 109 Å². The molecular weight excluding hydrogens is 791 g/mol. The van der Waals surface area contributed by atoms with E-state index in [1.807, 2.05) is 6.07 Å². The number of hydrogen-bond acceptors (Lipinski definition) is 0. The maximum absolute atomic E-state index is 13.3. The Morgan fingerprint density at radius 2 is 0.907 bits per heavy atom. The minimum absolute atomic E-state index is 0. The van der Waals surface area contributed by atoms with E-state index in [-0.39, 0.29) is 7.43 Å². The average Bonchev–Trinajstić information content (AvgIpc) is 3.70. The molecule has 0 bridgehead atoms. The summed E-state index contributed by atoms with van der Waals surface area (Å²) in [5.41, 5.74) is 15.6. The second kappa shape index (κ2) is 18.3. The molecule has 0 atom stereocenters. The molecule has 0 radical (unpaired) electrons. The molecular formula is C49H41F4I. The Labute approximate surface area is 330 Å². The van der Waals surface area contributed by atoms with E-state index in [2.05, 4.69) is 121 Å². The lowest BCUT2D eigenvalue weighted by atomic mass is 10.0. The summed E-state index contributed by atoms with van der Waals surface area (Å²) in [6.07, 6.45) is 11.6. The van der Waals surface area contributed by atoms with Gasteiger partial charge in [0, 0.05) is 20.3 Å². The van der Waals surface area contributed by atoms with Gasteiger partial charge in [-0.25, -0.2) is 17.6 Å². The predicted octanol–water partition coefficient (Wildman–Crippen LogP) is 13.3. The smallest absolute Gasteiger partial charge is 0.160 e. The Morgan fingerprint density at radius 1 is 0.500 bits per heavy atom. The van der Waals surface area contributed by atoms with Crippen LogP contribution in [0.2, 0.25) is 0 Å². The van der Waals surface area contributed by atoms with Gasteiger partial charge in [-0.05, 0) is 165 Å². The Balaban J connectivity index is 0.000000172. The number of benzene rings is 6. The van der Waals surface area contributed by atoms with Gasteiger partial charge < -0.3 is 0 Å². The van der Waals surface area contributed by atoms with E-state index in [9.17, 15) is 17.6 Å². The largest absolute Gasteiger partial charge is 0.204 e. The average molecular weight is 833 g/mol. The first-order valence-electron chi connectivity index (χ1n) is 17.7. The van der Waals surface area contributed by atoms with Gasteiger partial charge in [-0.3, -0.25) is 0 Å². The summed E-state index contributed by atoms with van der Waals surface area (Å²) in [7, 11) is 0. The van der Waals surface area contributed by atoms with E-state index in [0.29, 0.717) is 11.1 Å². The summed E-state index contributed by atoms with van der Waals surface area (Å²) in [5.74, 6) is 4.65. The number of halogens is 5. The molecule has 6 aromatic rings. The van der Waals surface area contributed by atoms with Crippen LogP contribution < -0.4 is 0 Å². The number of rotatable bonds is 4. The Hall–Kier alpha value is -5.11. The molecule has 0 saturated carbocycles. The van der Waals surface area contributed by atoms with Crippen molar-refractivity contribution in [2.75, 3.05) is 0 Å². The summed E-state index contributed by atoms with van der Waals surface area (Å²) in [6, 6.07) is 33.8. The van der Waals surface area contributed by atoms with Crippen LogP contribution in [0.5, 0.6) is 0 Å². The van der Waals surface area contributed by atoms with Crippen molar-refractivity contribution in [3.8, 4) is 46.4 Å². The van der Waals surface area contributed by atoms with Crippen LogP contribution in [-0.2, 0) is 25.7 Å². The molecule has 0 unspecified atom stereocenters. The summed E-state index contributed by atoms with van der Waals surface area (Å²) in [4.78, 5) is 0. The summed E-state index contributed by atoms with van der Waals surface area (Å²) < 4.78 is 52.1. The minimum Gasteiger partial charge on any atom is -0.204 e. The van der Waals surface area contributed by atoms with E-state index in [0.717, 1.165) is 55.5 Å². The molecule has 0 saturated heterocycles. The second-order valence-electron chi connectivity index (χ2n) is 13.2. The van der Waals surface area contributed by atoms with Crippen molar-refractivity contribution in [2.24, 2.45) is 0 Å². The van der Waals surface area contributed by atoms with Crippen LogP contribution >= 0.6 is 22.6 Å². The van der Waals surface area contributed by atoms with Crippen LogP contribution in [-0.4, -0.2) is 0 Å². The van der Waals surface area contributed by atoms with Gasteiger partial charge in [-0.15, -0.1) is 6.42 Å². The summed E-state index contributed by atoms with van der Waals surface area (Å²) in [6.45, 7) is 4.43. The Bertz CT molecular complexity index is 2410. The molecule has 2 aliphatic carbocycles. The van der Waals surface area contributed by atoms with Crippen molar-refractivity contribution in [1.82, 2.24) is 0 Å². The van der Waals surface area contributed by atoms with Crippen molar-refractivity contribution in [3.63, 3.8) is 0 Å². The van der Waals surface area contributed by atoms with Gasteiger partial charge in [-0.1, -0.05) is 100 Å². The molecule has 8 rings (SSSR count). The highest BCUT2D eigenvalue weighted by molar-refractivity contribution is 14.1. The van der Waals surface area contributed by atoms with E-state index < -0.39 is 23.3 Å². The molecule has 5 heteroatoms. The highest BCUT2D eigenvalue weighted by Gasteiger charge is 2.19. The Kier molecular flexibility index (Phi) is 13.6. The first kappa shape index (κ1) is 40.1. The van der Waals surface area contributed by atoms with Gasteiger partial charge in [0.05, 0.1) is 0 Å². The standard InChI is InChI=1S/C24H18F2.C16H15I.C8H4F2.CH4/c1-2-3-16-6-9-21-19(12-16)15-20-13-17(7-10-22(20)21)4-5-18-8-11-23(25)24(26)14-18;1-2-3-11-4-6-15-12(8-11)9-13-10-14(17)5-7-16(13)15;1-2-6-3-4-7(9)8(10)5-6;/h6-14H,2-3,15H2,1H3;4-8,10H,2-3,9H2,1H3;1,3-5H;1H4. The zero-order valence-corrected chi connectivity index (χ0v) is 31.8. The summed E-state index contributed by atoms with van der Waals surface area (Å²) >= 11 is 2.39. The topological polar surface area (TPSA) is 0 Å². The molecule has 0 amide bonds. The molecule has 0 heterocycles. The Morgan fingerprint density at radius 3 is 1.41 bits per heavy atom. The van der Waals surface area contributed by atoms with Crippen LogP contribution in [0.4, 0.5) is 17.6 Å². The first-order chi connectivity index (χ1) is 25.6. The fraction of sp³-hybridized carbons (Fsp3) is 0.184. The first-order valence-corrected chi connectivity index (χ1v) is 18.8. The van der Waals surface area contributed by atoms with Gasteiger partial charge in [-0.2, -0.15) is 0 Å². The maximum atomic E-state index is 13.3. The fourth-order valence-corrected chi connectivity index (χ4v) is 7.32. The van der Waals surface area contributed by atoms with Gasteiger partial charge in [0.25, 0.3) is 0 Å². The van der Waals surface area contributed by atoms with Crippen molar-refractivity contribution in [1.29, 1.82) is 0 Å². The third-order valence-electron chi connectivity index (χ3n) is 9.29. The fourth-order valence-electron chi connectivity index (χ4n) is 6.77. The quantitative estimate of drug-likeness (QED) is 0.0941. The zero-order chi connectivity index (χ0) is 37.5. The SMILES string of the molecule is C.C#Cc1ccc(F)c(F)c1.CCCc1ccc2c(c1)Cc1cc(C#Cc3ccc(F)c(F)c3)ccc1-2.CCCc1ccc2c(c1)Cc1cc(I)ccc1-2. The molecule has 54 heavy (non-hydrogen) atoms. The number of fused-ring (bicyclic) bond motifs is 6. The highest BCUT2D eigenvalue weighted by atomic mass is 127. The van der Waals surface area contributed by atoms with Crippen molar-refractivity contribution in [2.45, 2.75) is 59.8 Å². The lowest BCUT2D eigenvalue weighted by molar-refractivity contribution is 0.508. The number of hydrogen-bond donors (Lipinski definition) is 0. The molecule has 0 aliphatic heterocycles. The lowest BCUT2D eigenvalue weighted by Gasteiger charge is -2.04. The van der Waals surface area contributed by atoms with E-state index in [4.69, 9.17) is 6.42 Å². The zero-order valence-electron chi connectivity index (χ0n) is 29.6. The van der Waals surface area contributed by atoms with Crippen LogP contribution in [0.3, 0.4) is 0 Å². The number of terminal acetylenes is 1. The van der Waals surface area contributed by atoms with E-state index in [1.54, 1.807) is 0 Å². The van der Waals surface area contributed by atoms with Gasteiger partial charge in [0.15, 0.2) is 23.3 Å².